The molecule has 0 saturated heterocycles. The van der Waals surface area contributed by atoms with Gasteiger partial charge in [-0.2, -0.15) is 0 Å². The number of hydrogen-bond acceptors (Lipinski definition) is 0. The Morgan fingerprint density at radius 3 is 1.64 bits per heavy atom. The van der Waals surface area contributed by atoms with Crippen LogP contribution in [0, 0.1) is 18.8 Å². The van der Waals surface area contributed by atoms with E-state index in [1.54, 1.807) is 0 Å². The summed E-state index contributed by atoms with van der Waals surface area (Å²) in [6.07, 6.45) is 15.4. The lowest BCUT2D eigenvalue weighted by atomic mass is 10.1. The maximum absolute atomic E-state index is 4.00. The predicted octanol–water partition coefficient (Wildman–Crippen LogP) is 3.86. The van der Waals surface area contributed by atoms with Gasteiger partial charge in [-0.1, -0.05) is 52.9 Å². The molecule has 0 aromatic carbocycles. The van der Waals surface area contributed by atoms with Crippen LogP contribution < -0.4 is 0 Å². The van der Waals surface area contributed by atoms with E-state index in [0.717, 1.165) is 5.92 Å². The molecule has 66 valence electrons. The first-order valence-electron chi connectivity index (χ1n) is 4.77. The van der Waals surface area contributed by atoms with Crippen LogP contribution in [0.1, 0.15) is 52.9 Å². The van der Waals surface area contributed by atoms with Crippen LogP contribution in [0.4, 0.5) is 0 Å². The van der Waals surface area contributed by atoms with Crippen LogP contribution in [-0.4, -0.2) is 0 Å². The molecule has 0 unspecified atom stereocenters. The Morgan fingerprint density at radius 1 is 1.09 bits per heavy atom. The largest absolute Gasteiger partial charge is 0.124 e. The van der Waals surface area contributed by atoms with Crippen LogP contribution in [0.5, 0.6) is 0 Å². The molecule has 0 aromatic rings. The summed E-state index contributed by atoms with van der Waals surface area (Å²) in [7, 11) is 0. The molecule has 0 atom stereocenters. The van der Waals surface area contributed by atoms with E-state index in [9.17, 15) is 0 Å². The number of hydrogen-bond donors (Lipinski definition) is 0. The van der Waals surface area contributed by atoms with Gasteiger partial charge in [-0.15, -0.1) is 12.8 Å². The summed E-state index contributed by atoms with van der Waals surface area (Å²) in [4.78, 5) is 0. The zero-order valence-corrected chi connectivity index (χ0v) is 8.27. The van der Waals surface area contributed by atoms with Crippen molar-refractivity contribution in [3.05, 3.63) is 0 Å². The fourth-order valence-electron chi connectivity index (χ4n) is 1.42. The van der Waals surface area contributed by atoms with Crippen LogP contribution in [0.15, 0.2) is 0 Å². The first-order valence-corrected chi connectivity index (χ1v) is 4.77. The lowest BCUT2D eigenvalue weighted by molar-refractivity contribution is 0.531. The summed E-state index contributed by atoms with van der Waals surface area (Å²) in [6.45, 7) is 6.30. The molecule has 1 aliphatic carbocycles. The van der Waals surface area contributed by atoms with Gasteiger partial charge in [0, 0.05) is 0 Å². The summed E-state index contributed by atoms with van der Waals surface area (Å²) in [5.74, 6) is 1.10. The molecular formula is C11H22. The Hall–Kier alpha value is -0.440. The molecule has 1 rings (SSSR count). The molecule has 1 fully saturated rings. The van der Waals surface area contributed by atoms with E-state index in [0.29, 0.717) is 0 Å². The predicted molar refractivity (Wildman–Crippen MR) is 53.5 cm³/mol. The topological polar surface area (TPSA) is 0 Å². The molecule has 11 heavy (non-hydrogen) atoms. The molecular weight excluding hydrogens is 132 g/mol. The molecule has 0 radical (unpaired) electrons. The average molecular weight is 154 g/mol. The van der Waals surface area contributed by atoms with Crippen LogP contribution in [0.25, 0.3) is 0 Å². The second-order valence-corrected chi connectivity index (χ2v) is 2.56. The van der Waals surface area contributed by atoms with E-state index in [-0.39, 0.29) is 0 Å². The molecule has 1 aliphatic rings. The van der Waals surface area contributed by atoms with Gasteiger partial charge < -0.3 is 0 Å². The lowest BCUT2D eigenvalue weighted by Gasteiger charge is -1.99. The third kappa shape index (κ3) is 7.46. The fraction of sp³-hybridized carbons (Fsp3) is 0.818. The highest BCUT2D eigenvalue weighted by atomic mass is 14.2. The van der Waals surface area contributed by atoms with Crippen molar-refractivity contribution >= 4 is 0 Å². The molecule has 0 aromatic heterocycles. The van der Waals surface area contributed by atoms with Gasteiger partial charge >= 0.3 is 0 Å². The summed E-state index contributed by atoms with van der Waals surface area (Å²) in [5, 5.41) is 0. The van der Waals surface area contributed by atoms with Crippen molar-refractivity contribution in [3.8, 4) is 12.8 Å². The third-order valence-electron chi connectivity index (χ3n) is 2.05. The third-order valence-corrected chi connectivity index (χ3v) is 2.05. The molecule has 0 N–H and O–H groups in total. The van der Waals surface area contributed by atoms with Crippen molar-refractivity contribution in [1.29, 1.82) is 0 Å². The van der Waals surface area contributed by atoms with E-state index in [1.165, 1.54) is 32.1 Å². The zero-order valence-electron chi connectivity index (χ0n) is 8.27. The maximum atomic E-state index is 4.00. The smallest absolute Gasteiger partial charge is 0.0417 e. The van der Waals surface area contributed by atoms with Gasteiger partial charge in [0.2, 0.25) is 0 Å². The first-order chi connectivity index (χ1) is 5.43. The molecule has 0 aliphatic heterocycles. The van der Waals surface area contributed by atoms with Gasteiger partial charge in [-0.05, 0) is 5.92 Å². The number of rotatable bonds is 1. The van der Waals surface area contributed by atoms with E-state index < -0.39 is 0 Å². The van der Waals surface area contributed by atoms with Gasteiger partial charge in [0.05, 0.1) is 0 Å². The monoisotopic (exact) mass is 154 g/mol. The van der Waals surface area contributed by atoms with Crippen molar-refractivity contribution in [2.75, 3.05) is 0 Å². The zero-order chi connectivity index (χ0) is 9.11. The van der Waals surface area contributed by atoms with Gasteiger partial charge in [0.25, 0.3) is 0 Å². The van der Waals surface area contributed by atoms with E-state index in [4.69, 9.17) is 0 Å². The Bertz CT molecular complexity index is 65.4. The Labute approximate surface area is 72.4 Å². The number of terminal acetylenes is 1. The highest BCUT2D eigenvalue weighted by molar-refractivity contribution is 4.64. The summed E-state index contributed by atoms with van der Waals surface area (Å²) < 4.78 is 0. The van der Waals surface area contributed by atoms with E-state index >= 15 is 0 Å². The summed E-state index contributed by atoms with van der Waals surface area (Å²) in [5.41, 5.74) is 0. The maximum Gasteiger partial charge on any atom is -0.0417 e. The molecule has 0 amide bonds. The van der Waals surface area contributed by atoms with Crippen molar-refractivity contribution in [1.82, 2.24) is 0 Å². The second kappa shape index (κ2) is 12.3. The quantitative estimate of drug-likeness (QED) is 0.503. The lowest BCUT2D eigenvalue weighted by Crippen LogP contribution is -1.86. The first kappa shape index (κ1) is 13.2. The standard InChI is InChI=1S/C7H14.C2H6.C2H2/c1-2-7-5-3-4-6-7;2*1-2/h7H,2-6H2,1H3;1-2H3;1-2H. The van der Waals surface area contributed by atoms with Gasteiger partial charge in [-0.3, -0.25) is 0 Å². The highest BCUT2D eigenvalue weighted by Crippen LogP contribution is 2.26. The Morgan fingerprint density at radius 2 is 1.45 bits per heavy atom. The van der Waals surface area contributed by atoms with Crippen molar-refractivity contribution in [2.45, 2.75) is 52.9 Å². The Balaban J connectivity index is 0. The molecule has 0 nitrogen and oxygen atoms in total. The normalized spacial score (nSPS) is 15.7. The average Bonchev–Trinajstić information content (AvgIpc) is 2.63. The minimum atomic E-state index is 1.10. The molecule has 1 saturated carbocycles. The van der Waals surface area contributed by atoms with Gasteiger partial charge in [0.1, 0.15) is 0 Å². The summed E-state index contributed by atoms with van der Waals surface area (Å²) in [6, 6.07) is 0. The van der Waals surface area contributed by atoms with Crippen molar-refractivity contribution < 1.29 is 0 Å². The van der Waals surface area contributed by atoms with Crippen LogP contribution >= 0.6 is 0 Å². The highest BCUT2D eigenvalue weighted by Gasteiger charge is 2.11. The Kier molecular flexibility index (Phi) is 14.7. The fourth-order valence-corrected chi connectivity index (χ4v) is 1.42. The van der Waals surface area contributed by atoms with E-state index in [1.807, 2.05) is 13.8 Å². The van der Waals surface area contributed by atoms with Gasteiger partial charge in [-0.25, -0.2) is 0 Å². The van der Waals surface area contributed by atoms with E-state index in [2.05, 4.69) is 19.8 Å². The van der Waals surface area contributed by atoms with Crippen molar-refractivity contribution in [2.24, 2.45) is 5.92 Å². The molecule has 0 bridgehead atoms. The minimum Gasteiger partial charge on any atom is -0.124 e. The van der Waals surface area contributed by atoms with Crippen molar-refractivity contribution in [3.63, 3.8) is 0 Å². The molecule has 0 spiro atoms. The summed E-state index contributed by atoms with van der Waals surface area (Å²) >= 11 is 0. The molecule has 0 heteroatoms. The minimum absolute atomic E-state index is 1.10. The van der Waals surface area contributed by atoms with Crippen LogP contribution in [0.3, 0.4) is 0 Å². The van der Waals surface area contributed by atoms with Gasteiger partial charge in [0.15, 0.2) is 0 Å². The second-order valence-electron chi connectivity index (χ2n) is 2.56. The van der Waals surface area contributed by atoms with Crippen LogP contribution in [-0.2, 0) is 0 Å². The van der Waals surface area contributed by atoms with Crippen LogP contribution in [0.2, 0.25) is 0 Å². The molecule has 0 heterocycles. The SMILES string of the molecule is C#C.CC.CCC1CCCC1.